The molecule has 0 fully saturated rings. The SMILES string of the molecule is COc1ccc(CN2CCCN(C(=O)c3ccc(NC(=O)c4ccccc4-c4ccccc4)cc3)c3ccsc32)cc1. The molecule has 4 aromatic carbocycles. The molecule has 0 saturated heterocycles. The molecule has 0 unspecified atom stereocenters. The number of hydrogen-bond donors (Lipinski definition) is 1. The molecule has 6 nitrogen and oxygen atoms in total. The number of thiophene rings is 1. The summed E-state index contributed by atoms with van der Waals surface area (Å²) in [5.74, 6) is 0.597. The van der Waals surface area contributed by atoms with E-state index in [9.17, 15) is 9.59 Å². The number of nitrogens with zero attached hydrogens (tertiary/aromatic N) is 2. The van der Waals surface area contributed by atoms with Crippen molar-refractivity contribution in [3.8, 4) is 16.9 Å². The van der Waals surface area contributed by atoms with Crippen LogP contribution >= 0.6 is 11.3 Å². The summed E-state index contributed by atoms with van der Waals surface area (Å²) in [6.45, 7) is 2.26. The quantitative estimate of drug-likeness (QED) is 0.216. The average molecular weight is 574 g/mol. The van der Waals surface area contributed by atoms with E-state index < -0.39 is 0 Å². The van der Waals surface area contributed by atoms with E-state index in [1.807, 2.05) is 83.1 Å². The van der Waals surface area contributed by atoms with Gasteiger partial charge in [-0.2, -0.15) is 0 Å². The van der Waals surface area contributed by atoms with Gasteiger partial charge in [-0.05, 0) is 77.0 Å². The summed E-state index contributed by atoms with van der Waals surface area (Å²) in [5.41, 5.74) is 5.80. The summed E-state index contributed by atoms with van der Waals surface area (Å²) in [6, 6.07) is 34.7. The standard InChI is InChI=1S/C35H31N3O3S/c1-41-29-18-12-25(13-19-29)24-37-21-7-22-38(32-20-23-42-35(32)37)34(40)27-14-16-28(17-15-27)36-33(39)31-11-6-5-10-30(31)26-8-3-2-4-9-26/h2-6,8-20,23H,7,21-22,24H2,1H3,(H,36,39). The Morgan fingerprint density at radius 1 is 0.833 bits per heavy atom. The second-order valence-electron chi connectivity index (χ2n) is 10.1. The van der Waals surface area contributed by atoms with E-state index >= 15 is 0 Å². The van der Waals surface area contributed by atoms with Crippen molar-refractivity contribution in [3.63, 3.8) is 0 Å². The molecule has 1 N–H and O–H groups in total. The Balaban J connectivity index is 1.16. The molecule has 0 bridgehead atoms. The Bertz CT molecular complexity index is 1680. The summed E-state index contributed by atoms with van der Waals surface area (Å²) >= 11 is 1.66. The first-order valence-electron chi connectivity index (χ1n) is 13.9. The maximum absolute atomic E-state index is 13.7. The number of carbonyl (C=O) groups is 2. The van der Waals surface area contributed by atoms with Crippen LogP contribution < -0.4 is 19.9 Å². The lowest BCUT2D eigenvalue weighted by atomic mass is 9.99. The van der Waals surface area contributed by atoms with Crippen LogP contribution in [0.2, 0.25) is 0 Å². The number of rotatable bonds is 7. The van der Waals surface area contributed by atoms with Gasteiger partial charge in [-0.3, -0.25) is 9.59 Å². The second-order valence-corrected chi connectivity index (χ2v) is 11.0. The van der Waals surface area contributed by atoms with Crippen LogP contribution in [0.3, 0.4) is 0 Å². The average Bonchev–Trinajstić information content (AvgIpc) is 3.46. The van der Waals surface area contributed by atoms with Crippen molar-refractivity contribution < 1.29 is 14.3 Å². The molecule has 1 aromatic heterocycles. The minimum Gasteiger partial charge on any atom is -0.497 e. The van der Waals surface area contributed by atoms with Gasteiger partial charge in [-0.1, -0.05) is 60.7 Å². The largest absolute Gasteiger partial charge is 0.497 e. The highest BCUT2D eigenvalue weighted by Gasteiger charge is 2.27. The highest BCUT2D eigenvalue weighted by molar-refractivity contribution is 7.15. The van der Waals surface area contributed by atoms with E-state index in [0.29, 0.717) is 23.4 Å². The summed E-state index contributed by atoms with van der Waals surface area (Å²) in [6.07, 6.45) is 0.859. The van der Waals surface area contributed by atoms with Crippen molar-refractivity contribution in [2.24, 2.45) is 0 Å². The zero-order valence-corrected chi connectivity index (χ0v) is 24.1. The molecule has 42 heavy (non-hydrogen) atoms. The lowest BCUT2D eigenvalue weighted by Gasteiger charge is -2.24. The first-order valence-corrected chi connectivity index (χ1v) is 14.8. The zero-order chi connectivity index (χ0) is 28.9. The third kappa shape index (κ3) is 5.78. The Hall–Kier alpha value is -4.88. The molecule has 0 spiro atoms. The number of methoxy groups -OCH3 is 1. The summed E-state index contributed by atoms with van der Waals surface area (Å²) in [7, 11) is 1.67. The van der Waals surface area contributed by atoms with Gasteiger partial charge in [0.25, 0.3) is 11.8 Å². The van der Waals surface area contributed by atoms with E-state index in [1.165, 1.54) is 5.56 Å². The number of benzene rings is 4. The molecule has 0 atom stereocenters. The summed E-state index contributed by atoms with van der Waals surface area (Å²) < 4.78 is 5.30. The van der Waals surface area contributed by atoms with Crippen LogP contribution in [0, 0.1) is 0 Å². The molecule has 0 aliphatic carbocycles. The lowest BCUT2D eigenvalue weighted by molar-refractivity contribution is 0.0986. The number of anilines is 3. The molecule has 0 radical (unpaired) electrons. The Morgan fingerprint density at radius 2 is 1.57 bits per heavy atom. The van der Waals surface area contributed by atoms with Crippen molar-refractivity contribution in [1.29, 1.82) is 0 Å². The Kier molecular flexibility index (Phi) is 8.01. The van der Waals surface area contributed by atoms with E-state index in [4.69, 9.17) is 4.74 Å². The van der Waals surface area contributed by atoms with Crippen molar-refractivity contribution >= 4 is 39.5 Å². The summed E-state index contributed by atoms with van der Waals surface area (Å²) in [5, 5.41) is 6.13. The van der Waals surface area contributed by atoms with E-state index in [0.717, 1.165) is 47.1 Å². The molecule has 2 heterocycles. The predicted octanol–water partition coefficient (Wildman–Crippen LogP) is 7.73. The highest BCUT2D eigenvalue weighted by Crippen LogP contribution is 2.39. The van der Waals surface area contributed by atoms with Crippen LogP contribution in [0.15, 0.2) is 115 Å². The van der Waals surface area contributed by atoms with Crippen molar-refractivity contribution in [2.75, 3.05) is 35.3 Å². The molecule has 5 aromatic rings. The number of fused-ring (bicyclic) bond motifs is 1. The molecule has 1 aliphatic heterocycles. The third-order valence-corrected chi connectivity index (χ3v) is 8.40. The molecule has 2 amide bonds. The molecule has 1 aliphatic rings. The van der Waals surface area contributed by atoms with Gasteiger partial charge >= 0.3 is 0 Å². The van der Waals surface area contributed by atoms with Gasteiger partial charge in [0.15, 0.2) is 0 Å². The van der Waals surface area contributed by atoms with Crippen LogP contribution in [0.1, 0.15) is 32.7 Å². The van der Waals surface area contributed by atoms with Crippen LogP contribution in [0.4, 0.5) is 16.4 Å². The predicted molar refractivity (Wildman–Crippen MR) is 171 cm³/mol. The molecular formula is C35H31N3O3S. The first-order chi connectivity index (χ1) is 20.6. The topological polar surface area (TPSA) is 61.9 Å². The fourth-order valence-corrected chi connectivity index (χ4v) is 6.22. The Labute approximate surface area is 249 Å². The minimum atomic E-state index is -0.194. The fraction of sp³-hybridized carbons (Fsp3) is 0.143. The highest BCUT2D eigenvalue weighted by atomic mass is 32.1. The van der Waals surface area contributed by atoms with E-state index in [2.05, 4.69) is 22.3 Å². The lowest BCUT2D eigenvalue weighted by Crippen LogP contribution is -2.31. The van der Waals surface area contributed by atoms with Crippen LogP contribution in [-0.4, -0.2) is 32.0 Å². The van der Waals surface area contributed by atoms with E-state index in [-0.39, 0.29) is 11.8 Å². The summed E-state index contributed by atoms with van der Waals surface area (Å²) in [4.78, 5) is 31.2. The second kappa shape index (κ2) is 12.3. The number of amides is 2. The molecule has 210 valence electrons. The van der Waals surface area contributed by atoms with Crippen molar-refractivity contribution in [2.45, 2.75) is 13.0 Å². The molecule has 6 rings (SSSR count). The van der Waals surface area contributed by atoms with Crippen molar-refractivity contribution in [3.05, 3.63) is 131 Å². The Morgan fingerprint density at radius 3 is 2.33 bits per heavy atom. The van der Waals surface area contributed by atoms with Gasteiger partial charge in [0.05, 0.1) is 12.8 Å². The van der Waals surface area contributed by atoms with E-state index in [1.54, 1.807) is 42.7 Å². The van der Waals surface area contributed by atoms with Gasteiger partial charge in [-0.15, -0.1) is 11.3 Å². The molecular weight excluding hydrogens is 542 g/mol. The smallest absolute Gasteiger partial charge is 0.258 e. The number of ether oxygens (including phenoxy) is 1. The maximum atomic E-state index is 13.7. The maximum Gasteiger partial charge on any atom is 0.258 e. The normalized spacial score (nSPS) is 12.8. The fourth-order valence-electron chi connectivity index (χ4n) is 5.29. The monoisotopic (exact) mass is 573 g/mol. The van der Waals surface area contributed by atoms with Gasteiger partial charge in [-0.25, -0.2) is 0 Å². The third-order valence-electron chi connectivity index (χ3n) is 7.44. The van der Waals surface area contributed by atoms with Gasteiger partial charge in [0.2, 0.25) is 0 Å². The minimum absolute atomic E-state index is 0.0479. The number of carbonyl (C=O) groups excluding carboxylic acids is 2. The number of hydrogen-bond acceptors (Lipinski definition) is 5. The van der Waals surface area contributed by atoms with Crippen LogP contribution in [-0.2, 0) is 6.54 Å². The van der Waals surface area contributed by atoms with Gasteiger partial charge in [0, 0.05) is 36.4 Å². The zero-order valence-electron chi connectivity index (χ0n) is 23.3. The van der Waals surface area contributed by atoms with Crippen LogP contribution in [0.5, 0.6) is 5.75 Å². The number of nitrogens with one attached hydrogen (secondary N) is 1. The van der Waals surface area contributed by atoms with Gasteiger partial charge in [0.1, 0.15) is 10.8 Å². The van der Waals surface area contributed by atoms with Crippen molar-refractivity contribution in [1.82, 2.24) is 0 Å². The molecule has 0 saturated carbocycles. The van der Waals surface area contributed by atoms with Gasteiger partial charge < -0.3 is 19.9 Å². The first kappa shape index (κ1) is 27.3. The van der Waals surface area contributed by atoms with Crippen LogP contribution in [0.25, 0.3) is 11.1 Å². The molecule has 7 heteroatoms.